The second-order valence-electron chi connectivity index (χ2n) is 6.50. The SMILES string of the molecule is CCOc1ccccc1NC(=O)C(=O)NCC(c1ccco1)n1nc(C)cc1C. The Morgan fingerprint density at radius 2 is 1.97 bits per heavy atom. The van der Waals surface area contributed by atoms with Crippen LogP contribution in [-0.4, -0.2) is 34.7 Å². The van der Waals surface area contributed by atoms with Gasteiger partial charge >= 0.3 is 11.8 Å². The number of aromatic nitrogens is 2. The summed E-state index contributed by atoms with van der Waals surface area (Å²) < 4.78 is 12.8. The average molecular weight is 396 g/mol. The van der Waals surface area contributed by atoms with E-state index in [4.69, 9.17) is 9.15 Å². The van der Waals surface area contributed by atoms with Crippen molar-refractivity contribution in [2.24, 2.45) is 0 Å². The predicted octanol–water partition coefficient (Wildman–Crippen LogP) is 2.84. The van der Waals surface area contributed by atoms with Gasteiger partial charge in [-0.1, -0.05) is 12.1 Å². The van der Waals surface area contributed by atoms with Crippen molar-refractivity contribution in [2.75, 3.05) is 18.5 Å². The van der Waals surface area contributed by atoms with Gasteiger partial charge in [0, 0.05) is 12.2 Å². The first-order chi connectivity index (χ1) is 14.0. The molecule has 0 fully saturated rings. The third kappa shape index (κ3) is 4.84. The lowest BCUT2D eigenvalue weighted by Crippen LogP contribution is -2.39. The maximum absolute atomic E-state index is 12.4. The van der Waals surface area contributed by atoms with Gasteiger partial charge in [-0.05, 0) is 51.1 Å². The zero-order valence-electron chi connectivity index (χ0n) is 16.6. The number of benzene rings is 1. The molecule has 29 heavy (non-hydrogen) atoms. The molecule has 8 heteroatoms. The van der Waals surface area contributed by atoms with E-state index in [1.54, 1.807) is 41.3 Å². The summed E-state index contributed by atoms with van der Waals surface area (Å²) in [7, 11) is 0. The van der Waals surface area contributed by atoms with Crippen LogP contribution in [0.2, 0.25) is 0 Å². The summed E-state index contributed by atoms with van der Waals surface area (Å²) in [6, 6.07) is 12.1. The Kier molecular flexibility index (Phi) is 6.33. The van der Waals surface area contributed by atoms with E-state index in [1.807, 2.05) is 32.9 Å². The number of rotatable bonds is 7. The fourth-order valence-electron chi connectivity index (χ4n) is 3.05. The second-order valence-corrected chi connectivity index (χ2v) is 6.50. The van der Waals surface area contributed by atoms with Gasteiger partial charge in [0.25, 0.3) is 0 Å². The fraction of sp³-hybridized carbons (Fsp3) is 0.286. The van der Waals surface area contributed by atoms with Crippen molar-refractivity contribution in [3.05, 3.63) is 65.9 Å². The smallest absolute Gasteiger partial charge is 0.313 e. The van der Waals surface area contributed by atoms with Crippen LogP contribution in [0.15, 0.2) is 53.1 Å². The van der Waals surface area contributed by atoms with E-state index < -0.39 is 11.8 Å². The number of nitrogens with zero attached hydrogens (tertiary/aromatic N) is 2. The molecule has 2 aromatic heterocycles. The number of furan rings is 1. The molecule has 3 rings (SSSR count). The highest BCUT2D eigenvalue weighted by Gasteiger charge is 2.23. The van der Waals surface area contributed by atoms with Crippen LogP contribution in [0.25, 0.3) is 0 Å². The second kappa shape index (κ2) is 9.09. The van der Waals surface area contributed by atoms with E-state index in [2.05, 4.69) is 15.7 Å². The zero-order chi connectivity index (χ0) is 20.8. The minimum Gasteiger partial charge on any atom is -0.492 e. The summed E-state index contributed by atoms with van der Waals surface area (Å²) in [4.78, 5) is 24.7. The van der Waals surface area contributed by atoms with Gasteiger partial charge in [-0.2, -0.15) is 5.10 Å². The van der Waals surface area contributed by atoms with Gasteiger partial charge < -0.3 is 19.8 Å². The van der Waals surface area contributed by atoms with Crippen LogP contribution in [0.3, 0.4) is 0 Å². The molecule has 0 aliphatic carbocycles. The van der Waals surface area contributed by atoms with Gasteiger partial charge in [0.2, 0.25) is 0 Å². The molecule has 1 atom stereocenters. The van der Waals surface area contributed by atoms with E-state index in [0.717, 1.165) is 11.4 Å². The number of aryl methyl sites for hydroxylation is 2. The maximum Gasteiger partial charge on any atom is 0.313 e. The predicted molar refractivity (Wildman–Crippen MR) is 108 cm³/mol. The van der Waals surface area contributed by atoms with Crippen molar-refractivity contribution in [1.82, 2.24) is 15.1 Å². The summed E-state index contributed by atoms with van der Waals surface area (Å²) in [6.45, 7) is 6.26. The van der Waals surface area contributed by atoms with Crippen molar-refractivity contribution in [3.63, 3.8) is 0 Å². The third-order valence-electron chi connectivity index (χ3n) is 4.31. The zero-order valence-corrected chi connectivity index (χ0v) is 16.6. The lowest BCUT2D eigenvalue weighted by Gasteiger charge is -2.18. The molecule has 1 unspecified atom stereocenters. The maximum atomic E-state index is 12.4. The highest BCUT2D eigenvalue weighted by Crippen LogP contribution is 2.24. The number of hydrogen-bond donors (Lipinski definition) is 2. The number of para-hydroxylation sites is 2. The van der Waals surface area contributed by atoms with Gasteiger partial charge in [-0.15, -0.1) is 0 Å². The van der Waals surface area contributed by atoms with Crippen LogP contribution in [0.5, 0.6) is 5.75 Å². The number of anilines is 1. The number of ether oxygens (including phenoxy) is 1. The molecule has 0 spiro atoms. The summed E-state index contributed by atoms with van der Waals surface area (Å²) in [5.41, 5.74) is 2.22. The van der Waals surface area contributed by atoms with E-state index in [0.29, 0.717) is 23.8 Å². The molecule has 1 aromatic carbocycles. The van der Waals surface area contributed by atoms with Crippen LogP contribution in [0, 0.1) is 13.8 Å². The van der Waals surface area contributed by atoms with Gasteiger partial charge in [0.05, 0.1) is 24.3 Å². The van der Waals surface area contributed by atoms with Gasteiger partial charge in [-0.3, -0.25) is 14.3 Å². The van der Waals surface area contributed by atoms with Crippen LogP contribution < -0.4 is 15.4 Å². The number of nitrogens with one attached hydrogen (secondary N) is 2. The molecule has 0 saturated carbocycles. The average Bonchev–Trinajstić information content (AvgIpc) is 3.34. The van der Waals surface area contributed by atoms with E-state index in [-0.39, 0.29) is 12.6 Å². The molecule has 152 valence electrons. The van der Waals surface area contributed by atoms with Crippen molar-refractivity contribution >= 4 is 17.5 Å². The number of amides is 2. The van der Waals surface area contributed by atoms with Crippen LogP contribution in [0.4, 0.5) is 5.69 Å². The molecule has 3 aromatic rings. The Labute approximate surface area is 168 Å². The Hall–Kier alpha value is -3.55. The first kappa shape index (κ1) is 20.2. The molecule has 0 saturated heterocycles. The summed E-state index contributed by atoms with van der Waals surface area (Å²) in [5.74, 6) is -0.385. The Morgan fingerprint density at radius 1 is 1.17 bits per heavy atom. The Bertz CT molecular complexity index is 978. The highest BCUT2D eigenvalue weighted by molar-refractivity contribution is 6.39. The molecule has 0 aliphatic rings. The topological polar surface area (TPSA) is 98.4 Å². The van der Waals surface area contributed by atoms with Gasteiger partial charge in [-0.25, -0.2) is 0 Å². The normalized spacial score (nSPS) is 11.7. The monoisotopic (exact) mass is 396 g/mol. The lowest BCUT2D eigenvalue weighted by molar-refractivity contribution is -0.136. The first-order valence-electron chi connectivity index (χ1n) is 9.36. The number of hydrogen-bond acceptors (Lipinski definition) is 5. The van der Waals surface area contributed by atoms with Gasteiger partial charge in [0.1, 0.15) is 17.6 Å². The summed E-state index contributed by atoms with van der Waals surface area (Å²) in [5, 5.41) is 9.73. The first-order valence-corrected chi connectivity index (χ1v) is 9.36. The standard InChI is InChI=1S/C21H24N4O4/c1-4-28-18-9-6-5-8-16(18)23-21(27)20(26)22-13-17(19-10-7-11-29-19)25-15(3)12-14(2)24-25/h5-12,17H,4,13H2,1-3H3,(H,22,26)(H,23,27). The van der Waals surface area contributed by atoms with Crippen LogP contribution in [-0.2, 0) is 9.59 Å². The molecule has 8 nitrogen and oxygen atoms in total. The summed E-state index contributed by atoms with van der Waals surface area (Å²) in [6.07, 6.45) is 1.56. The van der Waals surface area contributed by atoms with E-state index in [1.165, 1.54) is 0 Å². The van der Waals surface area contributed by atoms with Crippen molar-refractivity contribution in [3.8, 4) is 5.75 Å². The van der Waals surface area contributed by atoms with Crippen molar-refractivity contribution in [2.45, 2.75) is 26.8 Å². The van der Waals surface area contributed by atoms with E-state index in [9.17, 15) is 9.59 Å². The van der Waals surface area contributed by atoms with Crippen molar-refractivity contribution in [1.29, 1.82) is 0 Å². The molecule has 0 bridgehead atoms. The Balaban J connectivity index is 1.69. The minimum absolute atomic E-state index is 0.148. The molecular formula is C21H24N4O4. The van der Waals surface area contributed by atoms with Crippen LogP contribution >= 0.6 is 0 Å². The third-order valence-corrected chi connectivity index (χ3v) is 4.31. The molecular weight excluding hydrogens is 372 g/mol. The van der Waals surface area contributed by atoms with Crippen LogP contribution in [0.1, 0.15) is 30.1 Å². The molecule has 0 aliphatic heterocycles. The largest absolute Gasteiger partial charge is 0.492 e. The lowest BCUT2D eigenvalue weighted by atomic mass is 10.2. The summed E-state index contributed by atoms with van der Waals surface area (Å²) >= 11 is 0. The number of carbonyl (C=O) groups is 2. The quantitative estimate of drug-likeness (QED) is 0.599. The highest BCUT2D eigenvalue weighted by atomic mass is 16.5. The molecule has 0 radical (unpaired) electrons. The molecule has 2 amide bonds. The fourth-order valence-corrected chi connectivity index (χ4v) is 3.05. The minimum atomic E-state index is -0.774. The Morgan fingerprint density at radius 3 is 2.62 bits per heavy atom. The molecule has 2 heterocycles. The van der Waals surface area contributed by atoms with Gasteiger partial charge in [0.15, 0.2) is 0 Å². The van der Waals surface area contributed by atoms with Crippen molar-refractivity contribution < 1.29 is 18.7 Å². The van der Waals surface area contributed by atoms with E-state index >= 15 is 0 Å². The number of carbonyl (C=O) groups excluding carboxylic acids is 2. The molecule has 2 N–H and O–H groups in total.